The molecule has 0 fully saturated rings. The maximum absolute atomic E-state index is 11.6. The number of nitrogens with zero attached hydrogens (tertiary/aromatic N) is 1. The second-order valence-corrected chi connectivity index (χ2v) is 4.55. The zero-order valence-corrected chi connectivity index (χ0v) is 10.8. The third-order valence-electron chi connectivity index (χ3n) is 2.30. The first-order chi connectivity index (χ1) is 7.19. The predicted octanol–water partition coefficient (Wildman–Crippen LogP) is 2.28. The van der Waals surface area contributed by atoms with Gasteiger partial charge in [0.25, 0.3) is 0 Å². The first kappa shape index (κ1) is 12.4. The van der Waals surface area contributed by atoms with Crippen LogP contribution in [0.3, 0.4) is 0 Å². The highest BCUT2D eigenvalue weighted by Gasteiger charge is 2.15. The van der Waals surface area contributed by atoms with Crippen LogP contribution in [0.5, 0.6) is 0 Å². The van der Waals surface area contributed by atoms with E-state index in [2.05, 4.69) is 22.6 Å². The molecule has 1 heterocycles. The SMILES string of the molecule is C[C@@H]1C=CN(C(=O)CCCI)C=C1C=O. The van der Waals surface area contributed by atoms with E-state index < -0.39 is 0 Å². The van der Waals surface area contributed by atoms with Gasteiger partial charge in [0.2, 0.25) is 5.91 Å². The van der Waals surface area contributed by atoms with E-state index in [0.717, 1.165) is 17.1 Å². The van der Waals surface area contributed by atoms with Crippen molar-refractivity contribution in [2.24, 2.45) is 5.92 Å². The standard InChI is InChI=1S/C11H14INO2/c1-9-4-6-13(7-10(9)8-14)11(15)3-2-5-12/h4,6-9H,2-3,5H2,1H3/t9-/m1/s1. The van der Waals surface area contributed by atoms with Crippen LogP contribution in [0.4, 0.5) is 0 Å². The zero-order valence-electron chi connectivity index (χ0n) is 8.65. The molecular weight excluding hydrogens is 305 g/mol. The van der Waals surface area contributed by atoms with Crippen LogP contribution in [0.2, 0.25) is 0 Å². The largest absolute Gasteiger partial charge is 0.298 e. The smallest absolute Gasteiger partial charge is 0.230 e. The quantitative estimate of drug-likeness (QED) is 0.453. The number of rotatable bonds is 4. The maximum atomic E-state index is 11.6. The average molecular weight is 319 g/mol. The van der Waals surface area contributed by atoms with Gasteiger partial charge < -0.3 is 0 Å². The molecule has 0 bridgehead atoms. The van der Waals surface area contributed by atoms with Crippen LogP contribution >= 0.6 is 22.6 Å². The number of carbonyl (C=O) groups is 2. The minimum Gasteiger partial charge on any atom is -0.298 e. The third kappa shape index (κ3) is 3.44. The topological polar surface area (TPSA) is 37.4 Å². The van der Waals surface area contributed by atoms with Crippen LogP contribution in [0.1, 0.15) is 19.8 Å². The van der Waals surface area contributed by atoms with E-state index in [4.69, 9.17) is 0 Å². The summed E-state index contributed by atoms with van der Waals surface area (Å²) in [7, 11) is 0. The van der Waals surface area contributed by atoms with Crippen LogP contribution in [-0.2, 0) is 9.59 Å². The van der Waals surface area contributed by atoms with E-state index in [9.17, 15) is 9.59 Å². The number of alkyl halides is 1. The summed E-state index contributed by atoms with van der Waals surface area (Å²) < 4.78 is 0.974. The molecule has 0 aromatic rings. The van der Waals surface area contributed by atoms with E-state index in [-0.39, 0.29) is 11.8 Å². The van der Waals surface area contributed by atoms with Crippen molar-refractivity contribution >= 4 is 34.8 Å². The van der Waals surface area contributed by atoms with Gasteiger partial charge in [0.15, 0.2) is 0 Å². The zero-order chi connectivity index (χ0) is 11.3. The summed E-state index contributed by atoms with van der Waals surface area (Å²) in [6.45, 7) is 1.93. The third-order valence-corrected chi connectivity index (χ3v) is 3.06. The van der Waals surface area contributed by atoms with E-state index >= 15 is 0 Å². The van der Waals surface area contributed by atoms with E-state index in [1.54, 1.807) is 12.4 Å². The molecule has 0 radical (unpaired) electrons. The van der Waals surface area contributed by atoms with Crippen molar-refractivity contribution in [3.63, 3.8) is 0 Å². The Hall–Kier alpha value is -0.650. The normalized spacial score (nSPS) is 20.0. The van der Waals surface area contributed by atoms with Gasteiger partial charge in [-0.05, 0) is 6.42 Å². The Morgan fingerprint density at radius 3 is 3.00 bits per heavy atom. The van der Waals surface area contributed by atoms with Crippen molar-refractivity contribution in [1.82, 2.24) is 4.90 Å². The van der Waals surface area contributed by atoms with Crippen LogP contribution in [0, 0.1) is 5.92 Å². The molecule has 1 aliphatic rings. The van der Waals surface area contributed by atoms with Gasteiger partial charge in [-0.25, -0.2) is 0 Å². The Kier molecular flexibility index (Phi) is 5.01. The van der Waals surface area contributed by atoms with Crippen molar-refractivity contribution in [2.45, 2.75) is 19.8 Å². The molecule has 1 amide bonds. The molecule has 0 saturated heterocycles. The van der Waals surface area contributed by atoms with Gasteiger partial charge in [-0.3, -0.25) is 14.5 Å². The van der Waals surface area contributed by atoms with Gasteiger partial charge in [0.1, 0.15) is 6.29 Å². The second kappa shape index (κ2) is 6.05. The lowest BCUT2D eigenvalue weighted by Gasteiger charge is -2.21. The monoisotopic (exact) mass is 319 g/mol. The predicted molar refractivity (Wildman–Crippen MR) is 67.4 cm³/mol. The van der Waals surface area contributed by atoms with Crippen molar-refractivity contribution in [2.75, 3.05) is 4.43 Å². The molecule has 0 aliphatic carbocycles. The summed E-state index contributed by atoms with van der Waals surface area (Å²) in [5.41, 5.74) is 0.653. The lowest BCUT2D eigenvalue weighted by molar-refractivity contribution is -0.126. The Balaban J connectivity index is 2.64. The molecule has 3 nitrogen and oxygen atoms in total. The molecule has 0 saturated carbocycles. The first-order valence-electron chi connectivity index (χ1n) is 4.91. The Bertz CT molecular complexity index is 310. The van der Waals surface area contributed by atoms with E-state index in [1.807, 2.05) is 13.0 Å². The summed E-state index contributed by atoms with van der Waals surface area (Å²) in [6, 6.07) is 0. The minimum atomic E-state index is 0.0502. The lowest BCUT2D eigenvalue weighted by atomic mass is 10.0. The summed E-state index contributed by atoms with van der Waals surface area (Å²) in [5, 5.41) is 0. The molecule has 0 unspecified atom stereocenters. The van der Waals surface area contributed by atoms with Crippen LogP contribution in [-0.4, -0.2) is 21.5 Å². The Morgan fingerprint density at radius 1 is 1.67 bits per heavy atom. The summed E-state index contributed by atoms with van der Waals surface area (Å²) >= 11 is 2.25. The number of halogens is 1. The fourth-order valence-corrected chi connectivity index (χ4v) is 1.68. The molecule has 0 aromatic carbocycles. The molecule has 4 heteroatoms. The summed E-state index contributed by atoms with van der Waals surface area (Å²) in [6.07, 6.45) is 7.46. The molecular formula is C11H14INO2. The number of allylic oxidation sites excluding steroid dienone is 2. The number of hydrogen-bond acceptors (Lipinski definition) is 2. The Labute approximate surface area is 103 Å². The van der Waals surface area contributed by atoms with Crippen LogP contribution < -0.4 is 0 Å². The molecule has 15 heavy (non-hydrogen) atoms. The van der Waals surface area contributed by atoms with Crippen LogP contribution in [0.25, 0.3) is 0 Å². The number of amides is 1. The van der Waals surface area contributed by atoms with Gasteiger partial charge in [0, 0.05) is 34.7 Å². The minimum absolute atomic E-state index is 0.0502. The average Bonchev–Trinajstić information content (AvgIpc) is 2.26. The highest BCUT2D eigenvalue weighted by molar-refractivity contribution is 14.1. The van der Waals surface area contributed by atoms with Gasteiger partial charge >= 0.3 is 0 Å². The van der Waals surface area contributed by atoms with Gasteiger partial charge in [-0.1, -0.05) is 35.6 Å². The van der Waals surface area contributed by atoms with Gasteiger partial charge in [0.05, 0.1) is 0 Å². The van der Waals surface area contributed by atoms with E-state index in [0.29, 0.717) is 12.0 Å². The molecule has 1 rings (SSSR count). The fraction of sp³-hybridized carbons (Fsp3) is 0.455. The molecule has 1 aliphatic heterocycles. The van der Waals surface area contributed by atoms with Crippen molar-refractivity contribution in [1.29, 1.82) is 0 Å². The number of aldehydes is 1. The molecule has 0 aromatic heterocycles. The van der Waals surface area contributed by atoms with Crippen molar-refractivity contribution < 1.29 is 9.59 Å². The van der Waals surface area contributed by atoms with E-state index in [1.165, 1.54) is 4.90 Å². The fourth-order valence-electron chi connectivity index (χ4n) is 1.29. The molecule has 82 valence electrons. The molecule has 0 spiro atoms. The van der Waals surface area contributed by atoms with Crippen molar-refractivity contribution in [3.05, 3.63) is 24.0 Å². The summed E-state index contributed by atoms with van der Waals surface area (Å²) in [5.74, 6) is 0.158. The first-order valence-corrected chi connectivity index (χ1v) is 6.44. The Morgan fingerprint density at radius 2 is 2.40 bits per heavy atom. The molecule has 0 N–H and O–H groups in total. The van der Waals surface area contributed by atoms with Crippen molar-refractivity contribution in [3.8, 4) is 0 Å². The maximum Gasteiger partial charge on any atom is 0.230 e. The molecule has 1 atom stereocenters. The van der Waals surface area contributed by atoms with Gasteiger partial charge in [-0.2, -0.15) is 0 Å². The lowest BCUT2D eigenvalue weighted by Crippen LogP contribution is -2.24. The van der Waals surface area contributed by atoms with Crippen LogP contribution in [0.15, 0.2) is 24.0 Å². The summed E-state index contributed by atoms with van der Waals surface area (Å²) in [4.78, 5) is 23.9. The highest BCUT2D eigenvalue weighted by Crippen LogP contribution is 2.17. The van der Waals surface area contributed by atoms with Gasteiger partial charge in [-0.15, -0.1) is 0 Å². The highest BCUT2D eigenvalue weighted by atomic mass is 127. The number of carbonyl (C=O) groups excluding carboxylic acids is 2. The number of hydrogen-bond donors (Lipinski definition) is 0. The second-order valence-electron chi connectivity index (χ2n) is 3.47.